The smallest absolute Gasteiger partial charge is 0.260 e. The van der Waals surface area contributed by atoms with E-state index in [0.29, 0.717) is 43.3 Å². The summed E-state index contributed by atoms with van der Waals surface area (Å²) < 4.78 is 10.7. The highest BCUT2D eigenvalue weighted by atomic mass is 35.5. The minimum atomic E-state index is -0.325. The first-order valence-corrected chi connectivity index (χ1v) is 8.50. The second-order valence-electron chi connectivity index (χ2n) is 5.62. The van der Waals surface area contributed by atoms with Crippen molar-refractivity contribution in [3.8, 4) is 5.75 Å². The average Bonchev–Trinajstić information content (AvgIpc) is 2.68. The van der Waals surface area contributed by atoms with Crippen molar-refractivity contribution in [2.24, 2.45) is 0 Å². The maximum absolute atomic E-state index is 12.2. The standard InChI is InChI=1S/C18H18ClN3O4/c19-16-11-20-6-5-15(16)18(24)21-13-1-3-14(4-2-13)26-12-17(23)22-7-9-25-10-8-22/h1-6,11H,7-10,12H2,(H,21,24). The number of anilines is 1. The Morgan fingerprint density at radius 2 is 1.92 bits per heavy atom. The van der Waals surface area contributed by atoms with Crippen molar-refractivity contribution in [3.63, 3.8) is 0 Å². The lowest BCUT2D eigenvalue weighted by Crippen LogP contribution is -2.42. The van der Waals surface area contributed by atoms with E-state index >= 15 is 0 Å². The number of pyridine rings is 1. The second-order valence-corrected chi connectivity index (χ2v) is 6.02. The van der Waals surface area contributed by atoms with Crippen molar-refractivity contribution in [1.29, 1.82) is 0 Å². The molecule has 136 valence electrons. The zero-order valence-corrected chi connectivity index (χ0v) is 14.7. The molecule has 0 spiro atoms. The number of morpholine rings is 1. The number of hydrogen-bond donors (Lipinski definition) is 1. The Labute approximate surface area is 155 Å². The van der Waals surface area contributed by atoms with E-state index in [1.807, 2.05) is 0 Å². The number of ether oxygens (including phenoxy) is 2. The molecule has 1 aromatic carbocycles. The Bertz CT molecular complexity index is 776. The van der Waals surface area contributed by atoms with Crippen molar-refractivity contribution in [2.75, 3.05) is 38.2 Å². The number of hydrogen-bond acceptors (Lipinski definition) is 5. The number of carbonyl (C=O) groups is 2. The average molecular weight is 376 g/mol. The van der Waals surface area contributed by atoms with E-state index in [-0.39, 0.29) is 23.4 Å². The summed E-state index contributed by atoms with van der Waals surface area (Å²) in [4.78, 5) is 29.8. The molecule has 0 aliphatic carbocycles. The molecule has 1 aromatic heterocycles. The molecule has 8 heteroatoms. The number of rotatable bonds is 5. The quantitative estimate of drug-likeness (QED) is 0.866. The number of nitrogens with zero attached hydrogens (tertiary/aromatic N) is 2. The van der Waals surface area contributed by atoms with Gasteiger partial charge in [-0.3, -0.25) is 14.6 Å². The third-order valence-electron chi connectivity index (χ3n) is 3.86. The maximum atomic E-state index is 12.2. The van der Waals surface area contributed by atoms with Gasteiger partial charge in [-0.05, 0) is 30.3 Å². The molecule has 26 heavy (non-hydrogen) atoms. The number of benzene rings is 1. The lowest BCUT2D eigenvalue weighted by molar-refractivity contribution is -0.137. The third kappa shape index (κ3) is 4.71. The first kappa shape index (κ1) is 18.2. The van der Waals surface area contributed by atoms with Gasteiger partial charge in [0, 0.05) is 31.2 Å². The van der Waals surface area contributed by atoms with Crippen LogP contribution in [0.2, 0.25) is 5.02 Å². The molecule has 0 radical (unpaired) electrons. The zero-order chi connectivity index (χ0) is 18.4. The number of nitrogens with one attached hydrogen (secondary N) is 1. The van der Waals surface area contributed by atoms with E-state index in [0.717, 1.165) is 0 Å². The van der Waals surface area contributed by atoms with Crippen molar-refractivity contribution in [2.45, 2.75) is 0 Å². The highest BCUT2D eigenvalue weighted by Crippen LogP contribution is 2.19. The summed E-state index contributed by atoms with van der Waals surface area (Å²) in [5.41, 5.74) is 0.938. The van der Waals surface area contributed by atoms with Gasteiger partial charge in [-0.15, -0.1) is 0 Å². The van der Waals surface area contributed by atoms with Crippen LogP contribution in [-0.2, 0) is 9.53 Å². The summed E-state index contributed by atoms with van der Waals surface area (Å²) in [6.07, 6.45) is 2.92. The predicted octanol–water partition coefficient (Wildman–Crippen LogP) is 2.22. The first-order valence-electron chi connectivity index (χ1n) is 8.13. The number of aromatic nitrogens is 1. The second kappa shape index (κ2) is 8.64. The fraction of sp³-hybridized carbons (Fsp3) is 0.278. The number of halogens is 1. The molecular weight excluding hydrogens is 358 g/mol. The van der Waals surface area contributed by atoms with E-state index in [2.05, 4.69) is 10.3 Å². The van der Waals surface area contributed by atoms with Gasteiger partial charge in [0.25, 0.3) is 11.8 Å². The Morgan fingerprint density at radius 1 is 1.19 bits per heavy atom. The molecule has 1 saturated heterocycles. The fourth-order valence-corrected chi connectivity index (χ4v) is 2.65. The van der Waals surface area contributed by atoms with Crippen molar-refractivity contribution in [3.05, 3.63) is 53.3 Å². The van der Waals surface area contributed by atoms with Crippen LogP contribution < -0.4 is 10.1 Å². The van der Waals surface area contributed by atoms with E-state index in [4.69, 9.17) is 21.1 Å². The summed E-state index contributed by atoms with van der Waals surface area (Å²) in [7, 11) is 0. The molecule has 1 aliphatic heterocycles. The fourth-order valence-electron chi connectivity index (χ4n) is 2.44. The van der Waals surface area contributed by atoms with Crippen LogP contribution >= 0.6 is 11.6 Å². The molecule has 2 aromatic rings. The molecule has 2 heterocycles. The van der Waals surface area contributed by atoms with Crippen LogP contribution in [-0.4, -0.2) is 54.6 Å². The predicted molar refractivity (Wildman–Crippen MR) is 96.5 cm³/mol. The van der Waals surface area contributed by atoms with Crippen LogP contribution in [0.5, 0.6) is 5.75 Å². The van der Waals surface area contributed by atoms with Gasteiger partial charge < -0.3 is 19.7 Å². The highest BCUT2D eigenvalue weighted by Gasteiger charge is 2.17. The Morgan fingerprint density at radius 3 is 2.62 bits per heavy atom. The molecular formula is C18H18ClN3O4. The molecule has 0 saturated carbocycles. The molecule has 0 atom stereocenters. The van der Waals surface area contributed by atoms with Crippen molar-refractivity contribution >= 4 is 29.1 Å². The third-order valence-corrected chi connectivity index (χ3v) is 4.16. The van der Waals surface area contributed by atoms with Gasteiger partial charge in [0.05, 0.1) is 23.8 Å². The molecule has 1 N–H and O–H groups in total. The molecule has 0 bridgehead atoms. The Balaban J connectivity index is 1.52. The summed E-state index contributed by atoms with van der Waals surface area (Å²) >= 11 is 5.96. The lowest BCUT2D eigenvalue weighted by Gasteiger charge is -2.26. The molecule has 2 amide bonds. The molecule has 7 nitrogen and oxygen atoms in total. The van der Waals surface area contributed by atoms with Crippen LogP contribution in [0.15, 0.2) is 42.7 Å². The van der Waals surface area contributed by atoms with Crippen LogP contribution in [0.3, 0.4) is 0 Å². The molecule has 0 unspecified atom stereocenters. The number of carbonyl (C=O) groups excluding carboxylic acids is 2. The van der Waals surface area contributed by atoms with Crippen LogP contribution in [0.4, 0.5) is 5.69 Å². The largest absolute Gasteiger partial charge is 0.484 e. The van der Waals surface area contributed by atoms with Gasteiger partial charge in [-0.2, -0.15) is 0 Å². The molecule has 1 fully saturated rings. The van der Waals surface area contributed by atoms with Gasteiger partial charge in [-0.1, -0.05) is 11.6 Å². The van der Waals surface area contributed by atoms with Gasteiger partial charge in [0.1, 0.15) is 5.75 Å². The monoisotopic (exact) mass is 375 g/mol. The van der Waals surface area contributed by atoms with Crippen molar-refractivity contribution in [1.82, 2.24) is 9.88 Å². The highest BCUT2D eigenvalue weighted by molar-refractivity contribution is 6.34. The number of amides is 2. The van der Waals surface area contributed by atoms with E-state index in [1.54, 1.807) is 35.2 Å². The zero-order valence-electron chi connectivity index (χ0n) is 14.0. The SMILES string of the molecule is O=C(Nc1ccc(OCC(=O)N2CCOCC2)cc1)c1ccncc1Cl. The normalized spacial score (nSPS) is 14.0. The Kier molecular flexibility index (Phi) is 6.04. The van der Waals surface area contributed by atoms with Crippen LogP contribution in [0.1, 0.15) is 10.4 Å². The summed E-state index contributed by atoms with van der Waals surface area (Å²) in [5, 5.41) is 3.03. The minimum absolute atomic E-state index is 0.0294. The van der Waals surface area contributed by atoms with E-state index < -0.39 is 0 Å². The van der Waals surface area contributed by atoms with Gasteiger partial charge in [0.2, 0.25) is 0 Å². The van der Waals surface area contributed by atoms with Gasteiger partial charge in [0.15, 0.2) is 6.61 Å². The van der Waals surface area contributed by atoms with E-state index in [9.17, 15) is 9.59 Å². The Hall–Kier alpha value is -2.64. The summed E-state index contributed by atoms with van der Waals surface area (Å²) in [5.74, 6) is 0.151. The molecule has 1 aliphatic rings. The summed E-state index contributed by atoms with van der Waals surface area (Å²) in [6.45, 7) is 2.26. The summed E-state index contributed by atoms with van der Waals surface area (Å²) in [6, 6.07) is 8.32. The van der Waals surface area contributed by atoms with Crippen LogP contribution in [0.25, 0.3) is 0 Å². The minimum Gasteiger partial charge on any atom is -0.484 e. The van der Waals surface area contributed by atoms with Gasteiger partial charge >= 0.3 is 0 Å². The molecule has 3 rings (SSSR count). The topological polar surface area (TPSA) is 80.8 Å². The first-order chi connectivity index (χ1) is 12.6. The van der Waals surface area contributed by atoms with Crippen molar-refractivity contribution < 1.29 is 19.1 Å². The van der Waals surface area contributed by atoms with E-state index in [1.165, 1.54) is 12.4 Å². The lowest BCUT2D eigenvalue weighted by atomic mass is 10.2. The van der Waals surface area contributed by atoms with Gasteiger partial charge in [-0.25, -0.2) is 0 Å². The maximum Gasteiger partial charge on any atom is 0.260 e. The van der Waals surface area contributed by atoms with Crippen LogP contribution in [0, 0.1) is 0 Å².